The molecule has 114 valence electrons. The lowest BCUT2D eigenvalue weighted by molar-refractivity contribution is 0.135. The Morgan fingerprint density at radius 1 is 1.38 bits per heavy atom. The Kier molecular flexibility index (Phi) is 5.72. The minimum absolute atomic E-state index is 0.321. The summed E-state index contributed by atoms with van der Waals surface area (Å²) in [6.07, 6.45) is 3.63. The number of likely N-dealkylation sites (tertiary alicyclic amines) is 1. The van der Waals surface area contributed by atoms with Gasteiger partial charge in [0.2, 0.25) is 0 Å². The van der Waals surface area contributed by atoms with Gasteiger partial charge in [-0.1, -0.05) is 20.3 Å². The van der Waals surface area contributed by atoms with Crippen molar-refractivity contribution in [2.75, 3.05) is 13.1 Å². The lowest BCUT2D eigenvalue weighted by atomic mass is 10.0. The normalized spacial score (nSPS) is 19.7. The van der Waals surface area contributed by atoms with Crippen LogP contribution in [0.4, 0.5) is 4.39 Å². The number of halogens is 1. The summed E-state index contributed by atoms with van der Waals surface area (Å²) in [5.41, 5.74) is 1.29. The predicted octanol–water partition coefficient (Wildman–Crippen LogP) is 3.05. The van der Waals surface area contributed by atoms with Gasteiger partial charge in [-0.2, -0.15) is 5.26 Å². The van der Waals surface area contributed by atoms with Gasteiger partial charge in [-0.05, 0) is 43.1 Å². The first-order valence-corrected chi connectivity index (χ1v) is 7.75. The first kappa shape index (κ1) is 15.9. The fraction of sp³-hybridized carbons (Fsp3) is 0.588. The Morgan fingerprint density at radius 2 is 2.19 bits per heavy atom. The Labute approximate surface area is 126 Å². The highest BCUT2D eigenvalue weighted by atomic mass is 19.1. The van der Waals surface area contributed by atoms with Crippen LogP contribution >= 0.6 is 0 Å². The van der Waals surface area contributed by atoms with E-state index >= 15 is 0 Å². The van der Waals surface area contributed by atoms with Crippen LogP contribution in [0.25, 0.3) is 0 Å². The van der Waals surface area contributed by atoms with Crippen molar-refractivity contribution >= 4 is 0 Å². The van der Waals surface area contributed by atoms with Crippen LogP contribution in [-0.2, 0) is 6.54 Å². The SMILES string of the molecule is CC(C)NCC1CCCCN1Cc1cc(F)cc(C#N)c1. The Bertz CT molecular complexity index is 507. The summed E-state index contributed by atoms with van der Waals surface area (Å²) >= 11 is 0. The van der Waals surface area contributed by atoms with Crippen LogP contribution in [0.5, 0.6) is 0 Å². The zero-order valence-corrected chi connectivity index (χ0v) is 12.9. The van der Waals surface area contributed by atoms with Crippen LogP contribution in [0.2, 0.25) is 0 Å². The summed E-state index contributed by atoms with van der Waals surface area (Å²) in [6, 6.07) is 7.63. The van der Waals surface area contributed by atoms with Gasteiger partial charge in [0.25, 0.3) is 0 Å². The van der Waals surface area contributed by atoms with Gasteiger partial charge in [0.05, 0.1) is 11.6 Å². The van der Waals surface area contributed by atoms with Gasteiger partial charge < -0.3 is 5.32 Å². The summed E-state index contributed by atoms with van der Waals surface area (Å²) in [6.45, 7) is 7.04. The lowest BCUT2D eigenvalue weighted by Gasteiger charge is -2.36. The molecule has 3 nitrogen and oxygen atoms in total. The molecule has 4 heteroatoms. The summed E-state index contributed by atoms with van der Waals surface area (Å²) < 4.78 is 13.5. The van der Waals surface area contributed by atoms with Crippen LogP contribution in [-0.4, -0.2) is 30.1 Å². The molecule has 0 saturated carbocycles. The molecule has 1 unspecified atom stereocenters. The van der Waals surface area contributed by atoms with Crippen molar-refractivity contribution in [3.63, 3.8) is 0 Å². The highest BCUT2D eigenvalue weighted by Gasteiger charge is 2.22. The molecule has 1 heterocycles. The van der Waals surface area contributed by atoms with E-state index in [1.54, 1.807) is 12.1 Å². The molecule has 1 aliphatic heterocycles. The second-order valence-electron chi connectivity index (χ2n) is 6.14. The molecule has 2 rings (SSSR count). The standard InChI is InChI=1S/C17H24FN3/c1-13(2)20-11-17-5-3-4-6-21(17)12-15-7-14(10-19)8-16(18)9-15/h7-9,13,17,20H,3-6,11-12H2,1-2H3. The molecule has 21 heavy (non-hydrogen) atoms. The highest BCUT2D eigenvalue weighted by Crippen LogP contribution is 2.20. The van der Waals surface area contributed by atoms with Crippen molar-refractivity contribution < 1.29 is 4.39 Å². The molecule has 1 aromatic carbocycles. The molecule has 1 atom stereocenters. The number of nitrogens with zero attached hydrogens (tertiary/aromatic N) is 2. The number of piperidine rings is 1. The van der Waals surface area contributed by atoms with E-state index in [9.17, 15) is 4.39 Å². The molecule has 1 fully saturated rings. The Morgan fingerprint density at radius 3 is 2.90 bits per heavy atom. The fourth-order valence-corrected chi connectivity index (χ4v) is 2.91. The van der Waals surface area contributed by atoms with E-state index in [0.717, 1.165) is 25.2 Å². The van der Waals surface area contributed by atoms with Crippen LogP contribution in [0.3, 0.4) is 0 Å². The van der Waals surface area contributed by atoms with Crippen molar-refractivity contribution in [2.24, 2.45) is 0 Å². The summed E-state index contributed by atoms with van der Waals surface area (Å²) in [5.74, 6) is -0.321. The number of hydrogen-bond acceptors (Lipinski definition) is 3. The molecule has 0 aromatic heterocycles. The monoisotopic (exact) mass is 289 g/mol. The molecule has 0 aliphatic carbocycles. The summed E-state index contributed by atoms with van der Waals surface area (Å²) in [7, 11) is 0. The van der Waals surface area contributed by atoms with Crippen LogP contribution in [0.15, 0.2) is 18.2 Å². The van der Waals surface area contributed by atoms with Gasteiger partial charge in [-0.15, -0.1) is 0 Å². The number of nitrogens with one attached hydrogen (secondary N) is 1. The van der Waals surface area contributed by atoms with Crippen molar-refractivity contribution in [1.29, 1.82) is 5.26 Å². The molecule has 0 bridgehead atoms. The molecular formula is C17H24FN3. The van der Waals surface area contributed by atoms with Crippen molar-refractivity contribution in [3.05, 3.63) is 35.1 Å². The Hall–Kier alpha value is -1.44. The third kappa shape index (κ3) is 4.80. The highest BCUT2D eigenvalue weighted by molar-refractivity contribution is 5.33. The minimum Gasteiger partial charge on any atom is -0.313 e. The van der Waals surface area contributed by atoms with Crippen LogP contribution in [0.1, 0.15) is 44.2 Å². The summed E-state index contributed by atoms with van der Waals surface area (Å²) in [5, 5.41) is 12.4. The van der Waals surface area contributed by atoms with Gasteiger partial charge in [0.1, 0.15) is 5.82 Å². The third-order valence-corrected chi connectivity index (χ3v) is 3.98. The maximum atomic E-state index is 13.5. The molecule has 1 aliphatic rings. The van der Waals surface area contributed by atoms with Gasteiger partial charge in [0, 0.05) is 25.2 Å². The molecule has 0 amide bonds. The van der Waals surface area contributed by atoms with E-state index in [-0.39, 0.29) is 5.82 Å². The van der Waals surface area contributed by atoms with Gasteiger partial charge in [-0.25, -0.2) is 4.39 Å². The fourth-order valence-electron chi connectivity index (χ4n) is 2.91. The molecular weight excluding hydrogens is 265 g/mol. The number of nitriles is 1. The van der Waals surface area contributed by atoms with E-state index in [4.69, 9.17) is 5.26 Å². The predicted molar refractivity (Wildman–Crippen MR) is 82.3 cm³/mol. The first-order chi connectivity index (χ1) is 10.1. The zero-order valence-electron chi connectivity index (χ0n) is 12.9. The second-order valence-corrected chi connectivity index (χ2v) is 6.14. The van der Waals surface area contributed by atoms with Crippen molar-refractivity contribution in [1.82, 2.24) is 10.2 Å². The second kappa shape index (κ2) is 7.53. The number of benzene rings is 1. The molecule has 1 aromatic rings. The van der Waals surface area contributed by atoms with Crippen molar-refractivity contribution in [3.8, 4) is 6.07 Å². The molecule has 0 radical (unpaired) electrons. The number of rotatable bonds is 5. The Balaban J connectivity index is 2.05. The average molecular weight is 289 g/mol. The van der Waals surface area contributed by atoms with E-state index in [0.29, 0.717) is 17.6 Å². The minimum atomic E-state index is -0.321. The summed E-state index contributed by atoms with van der Waals surface area (Å²) in [4.78, 5) is 2.41. The molecule has 1 N–H and O–H groups in total. The van der Waals surface area contributed by atoms with Crippen LogP contribution in [0, 0.1) is 17.1 Å². The maximum absolute atomic E-state index is 13.5. The van der Waals surface area contributed by atoms with E-state index < -0.39 is 0 Å². The lowest BCUT2D eigenvalue weighted by Crippen LogP contribution is -2.46. The topological polar surface area (TPSA) is 39.1 Å². The van der Waals surface area contributed by atoms with Gasteiger partial charge in [0.15, 0.2) is 0 Å². The molecule has 1 saturated heterocycles. The smallest absolute Gasteiger partial charge is 0.124 e. The quantitative estimate of drug-likeness (QED) is 0.905. The molecule has 0 spiro atoms. The van der Waals surface area contributed by atoms with E-state index in [2.05, 4.69) is 24.1 Å². The third-order valence-electron chi connectivity index (χ3n) is 3.98. The number of hydrogen-bond donors (Lipinski definition) is 1. The van der Waals surface area contributed by atoms with Crippen molar-refractivity contribution in [2.45, 2.75) is 51.7 Å². The average Bonchev–Trinajstić information content (AvgIpc) is 2.45. The maximum Gasteiger partial charge on any atom is 0.124 e. The zero-order chi connectivity index (χ0) is 15.2. The largest absolute Gasteiger partial charge is 0.313 e. The first-order valence-electron chi connectivity index (χ1n) is 7.75. The van der Waals surface area contributed by atoms with Gasteiger partial charge >= 0.3 is 0 Å². The van der Waals surface area contributed by atoms with E-state index in [1.165, 1.54) is 25.3 Å². The van der Waals surface area contributed by atoms with Crippen LogP contribution < -0.4 is 5.32 Å². The van der Waals surface area contributed by atoms with Gasteiger partial charge in [-0.3, -0.25) is 4.90 Å². The van der Waals surface area contributed by atoms with E-state index in [1.807, 2.05) is 6.07 Å².